The first-order chi connectivity index (χ1) is 7.31. The van der Waals surface area contributed by atoms with Crippen molar-refractivity contribution in [3.63, 3.8) is 0 Å². The summed E-state index contributed by atoms with van der Waals surface area (Å²) < 4.78 is 0. The predicted molar refractivity (Wildman–Crippen MR) is 65.4 cm³/mol. The molecule has 0 aromatic carbocycles. The molecule has 3 heteroatoms. The van der Waals surface area contributed by atoms with Gasteiger partial charge in [0.25, 0.3) is 0 Å². The van der Waals surface area contributed by atoms with E-state index in [2.05, 4.69) is 25.7 Å². The monoisotopic (exact) mass is 227 g/mol. The van der Waals surface area contributed by atoms with Crippen LogP contribution >= 0.6 is 0 Å². The van der Waals surface area contributed by atoms with Gasteiger partial charge < -0.3 is 5.11 Å². The fourth-order valence-corrected chi connectivity index (χ4v) is 2.53. The third kappa shape index (κ3) is 2.24. The average Bonchev–Trinajstić information content (AvgIpc) is 2.61. The SMILES string of the molecule is CC(C)C(C)N1CCC(C(=O)O)(C(C)C)C1. The summed E-state index contributed by atoms with van der Waals surface area (Å²) in [6.45, 7) is 12.3. The van der Waals surface area contributed by atoms with E-state index in [0.717, 1.165) is 13.0 Å². The van der Waals surface area contributed by atoms with Crippen molar-refractivity contribution < 1.29 is 9.90 Å². The van der Waals surface area contributed by atoms with Crippen molar-refractivity contribution in [1.29, 1.82) is 0 Å². The summed E-state index contributed by atoms with van der Waals surface area (Å²) in [6, 6.07) is 0.472. The van der Waals surface area contributed by atoms with Crippen molar-refractivity contribution in [3.8, 4) is 0 Å². The van der Waals surface area contributed by atoms with E-state index in [1.165, 1.54) is 0 Å². The zero-order valence-corrected chi connectivity index (χ0v) is 11.2. The summed E-state index contributed by atoms with van der Waals surface area (Å²) in [4.78, 5) is 13.8. The molecule has 0 aromatic rings. The van der Waals surface area contributed by atoms with Crippen LogP contribution in [0.5, 0.6) is 0 Å². The van der Waals surface area contributed by atoms with Gasteiger partial charge in [-0.15, -0.1) is 0 Å². The number of carboxylic acids is 1. The normalized spacial score (nSPS) is 28.9. The van der Waals surface area contributed by atoms with Gasteiger partial charge in [0.2, 0.25) is 0 Å². The Morgan fingerprint density at radius 3 is 2.12 bits per heavy atom. The molecule has 1 fully saturated rings. The van der Waals surface area contributed by atoms with Crippen molar-refractivity contribution in [3.05, 3.63) is 0 Å². The Kier molecular flexibility index (Phi) is 4.00. The number of nitrogens with zero attached hydrogens (tertiary/aromatic N) is 1. The molecule has 0 spiro atoms. The fourth-order valence-electron chi connectivity index (χ4n) is 2.53. The number of carboxylic acid groups (broad SMARTS) is 1. The first-order valence-electron chi connectivity index (χ1n) is 6.28. The molecule has 1 aliphatic heterocycles. The molecule has 0 radical (unpaired) electrons. The highest BCUT2D eigenvalue weighted by atomic mass is 16.4. The Labute approximate surface area is 98.8 Å². The van der Waals surface area contributed by atoms with Crippen LogP contribution in [0.2, 0.25) is 0 Å². The molecule has 2 atom stereocenters. The van der Waals surface area contributed by atoms with E-state index in [4.69, 9.17) is 0 Å². The number of aliphatic carboxylic acids is 1. The number of carbonyl (C=O) groups is 1. The van der Waals surface area contributed by atoms with Gasteiger partial charge in [-0.25, -0.2) is 0 Å². The van der Waals surface area contributed by atoms with Crippen molar-refractivity contribution in [2.75, 3.05) is 13.1 Å². The Morgan fingerprint density at radius 1 is 1.25 bits per heavy atom. The number of likely N-dealkylation sites (tertiary alicyclic amines) is 1. The minimum absolute atomic E-state index is 0.203. The zero-order valence-electron chi connectivity index (χ0n) is 11.2. The van der Waals surface area contributed by atoms with Crippen LogP contribution in [0.3, 0.4) is 0 Å². The maximum Gasteiger partial charge on any atom is 0.311 e. The molecule has 1 saturated heterocycles. The molecule has 0 amide bonds. The molecule has 2 unspecified atom stereocenters. The van der Waals surface area contributed by atoms with Crippen LogP contribution in [-0.2, 0) is 4.79 Å². The number of rotatable bonds is 4. The topological polar surface area (TPSA) is 40.5 Å². The van der Waals surface area contributed by atoms with Crippen molar-refractivity contribution in [2.24, 2.45) is 17.3 Å². The van der Waals surface area contributed by atoms with Crippen LogP contribution in [0.4, 0.5) is 0 Å². The molecule has 0 saturated carbocycles. The largest absolute Gasteiger partial charge is 0.481 e. The van der Waals surface area contributed by atoms with Gasteiger partial charge in [0, 0.05) is 12.6 Å². The van der Waals surface area contributed by atoms with Gasteiger partial charge in [-0.1, -0.05) is 27.7 Å². The number of hydrogen-bond donors (Lipinski definition) is 1. The summed E-state index contributed by atoms with van der Waals surface area (Å²) >= 11 is 0. The highest BCUT2D eigenvalue weighted by Crippen LogP contribution is 2.39. The fraction of sp³-hybridized carbons (Fsp3) is 0.923. The van der Waals surface area contributed by atoms with E-state index in [1.807, 2.05) is 13.8 Å². The summed E-state index contributed by atoms with van der Waals surface area (Å²) in [6.07, 6.45) is 0.789. The molecule has 0 bridgehead atoms. The van der Waals surface area contributed by atoms with E-state index in [0.29, 0.717) is 18.5 Å². The van der Waals surface area contributed by atoms with E-state index in [-0.39, 0.29) is 5.92 Å². The highest BCUT2D eigenvalue weighted by Gasteiger charge is 2.48. The molecule has 94 valence electrons. The smallest absolute Gasteiger partial charge is 0.311 e. The van der Waals surface area contributed by atoms with Gasteiger partial charge in [0.15, 0.2) is 0 Å². The van der Waals surface area contributed by atoms with Gasteiger partial charge in [-0.2, -0.15) is 0 Å². The first kappa shape index (κ1) is 13.5. The Morgan fingerprint density at radius 2 is 1.81 bits per heavy atom. The van der Waals surface area contributed by atoms with E-state index >= 15 is 0 Å². The lowest BCUT2D eigenvalue weighted by Gasteiger charge is -2.32. The lowest BCUT2D eigenvalue weighted by atomic mass is 9.76. The molecule has 1 aliphatic rings. The van der Waals surface area contributed by atoms with Gasteiger partial charge >= 0.3 is 5.97 Å². The molecule has 1 heterocycles. The third-order valence-corrected chi connectivity index (χ3v) is 4.40. The highest BCUT2D eigenvalue weighted by molar-refractivity contribution is 5.75. The second kappa shape index (κ2) is 4.74. The van der Waals surface area contributed by atoms with Crippen molar-refractivity contribution in [2.45, 2.75) is 47.1 Å². The van der Waals surface area contributed by atoms with E-state index in [1.54, 1.807) is 0 Å². The molecule has 1 rings (SSSR count). The third-order valence-electron chi connectivity index (χ3n) is 4.40. The Hall–Kier alpha value is -0.570. The quantitative estimate of drug-likeness (QED) is 0.802. The maximum absolute atomic E-state index is 11.5. The van der Waals surface area contributed by atoms with Crippen LogP contribution in [0.25, 0.3) is 0 Å². The summed E-state index contributed by atoms with van der Waals surface area (Å²) in [5.74, 6) is 0.159. The van der Waals surface area contributed by atoms with E-state index < -0.39 is 11.4 Å². The van der Waals surface area contributed by atoms with Crippen LogP contribution < -0.4 is 0 Å². The molecule has 0 aromatic heterocycles. The molecular weight excluding hydrogens is 202 g/mol. The van der Waals surface area contributed by atoms with E-state index in [9.17, 15) is 9.90 Å². The minimum Gasteiger partial charge on any atom is -0.481 e. The van der Waals surface area contributed by atoms with Crippen LogP contribution in [0, 0.1) is 17.3 Å². The number of hydrogen-bond acceptors (Lipinski definition) is 2. The maximum atomic E-state index is 11.5. The minimum atomic E-state index is -0.624. The Bertz CT molecular complexity index is 263. The van der Waals surface area contributed by atoms with Crippen molar-refractivity contribution in [1.82, 2.24) is 4.90 Å². The van der Waals surface area contributed by atoms with Crippen LogP contribution in [0.1, 0.15) is 41.0 Å². The average molecular weight is 227 g/mol. The molecule has 3 nitrogen and oxygen atoms in total. The summed E-state index contributed by atoms with van der Waals surface area (Å²) in [5.41, 5.74) is -0.525. The molecule has 16 heavy (non-hydrogen) atoms. The van der Waals surface area contributed by atoms with Crippen LogP contribution in [-0.4, -0.2) is 35.1 Å². The molecular formula is C13H25NO2. The zero-order chi connectivity index (χ0) is 12.5. The molecule has 0 aliphatic carbocycles. The van der Waals surface area contributed by atoms with Gasteiger partial charge in [0.1, 0.15) is 0 Å². The van der Waals surface area contributed by atoms with Gasteiger partial charge in [-0.05, 0) is 31.7 Å². The summed E-state index contributed by atoms with van der Waals surface area (Å²) in [7, 11) is 0. The second-order valence-electron chi connectivity index (χ2n) is 5.82. The van der Waals surface area contributed by atoms with Crippen molar-refractivity contribution >= 4 is 5.97 Å². The van der Waals surface area contributed by atoms with Gasteiger partial charge in [0.05, 0.1) is 5.41 Å². The lowest BCUT2D eigenvalue weighted by molar-refractivity contribution is -0.151. The molecule has 1 N–H and O–H groups in total. The lowest BCUT2D eigenvalue weighted by Crippen LogP contribution is -2.42. The first-order valence-corrected chi connectivity index (χ1v) is 6.28. The second-order valence-corrected chi connectivity index (χ2v) is 5.82. The standard InChI is InChI=1S/C13H25NO2/c1-9(2)11(5)14-7-6-13(8-14,10(3)4)12(15)16/h9-11H,6-8H2,1-5H3,(H,15,16). The summed E-state index contributed by atoms with van der Waals surface area (Å²) in [5, 5.41) is 9.45. The van der Waals surface area contributed by atoms with Crippen LogP contribution in [0.15, 0.2) is 0 Å². The van der Waals surface area contributed by atoms with Gasteiger partial charge in [-0.3, -0.25) is 9.69 Å². The predicted octanol–water partition coefficient (Wildman–Crippen LogP) is 2.46. The Balaban J connectivity index is 2.79.